The number of phenols is 1. The van der Waals surface area contributed by atoms with Gasteiger partial charge in [-0.3, -0.25) is 4.79 Å². The van der Waals surface area contributed by atoms with E-state index in [0.717, 1.165) is 0 Å². The third-order valence-corrected chi connectivity index (χ3v) is 2.17. The fourth-order valence-electron chi connectivity index (χ4n) is 1.33. The molecular weight excluding hydrogens is 238 g/mol. The van der Waals surface area contributed by atoms with Gasteiger partial charge in [-0.25, -0.2) is 4.79 Å². The number of benzene rings is 1. The summed E-state index contributed by atoms with van der Waals surface area (Å²) in [5.74, 6) is -0.462. The monoisotopic (exact) mass is 253 g/mol. The number of aromatic hydroxyl groups is 1. The summed E-state index contributed by atoms with van der Waals surface area (Å²) in [6, 6.07) is 3.94. The molecular formula is C11H15N3O4. The van der Waals surface area contributed by atoms with Gasteiger partial charge in [0, 0.05) is 13.1 Å². The molecule has 18 heavy (non-hydrogen) atoms. The van der Waals surface area contributed by atoms with Crippen molar-refractivity contribution in [1.82, 2.24) is 10.6 Å². The van der Waals surface area contributed by atoms with E-state index in [2.05, 4.69) is 10.6 Å². The van der Waals surface area contributed by atoms with Crippen LogP contribution >= 0.6 is 0 Å². The number of methoxy groups -OCH3 is 1. The van der Waals surface area contributed by atoms with Crippen LogP contribution in [0.2, 0.25) is 0 Å². The Kier molecular flexibility index (Phi) is 4.79. The maximum atomic E-state index is 11.7. The maximum absolute atomic E-state index is 11.7. The number of carbonyl (C=O) groups excluding carboxylic acids is 2. The summed E-state index contributed by atoms with van der Waals surface area (Å²) in [6.07, 6.45) is 0. The number of nitrogens with two attached hydrogens (primary N) is 1. The highest BCUT2D eigenvalue weighted by atomic mass is 16.5. The number of rotatable bonds is 5. The van der Waals surface area contributed by atoms with Gasteiger partial charge in [0.25, 0.3) is 5.91 Å². The summed E-state index contributed by atoms with van der Waals surface area (Å²) >= 11 is 0. The molecule has 0 fully saturated rings. The van der Waals surface area contributed by atoms with E-state index in [4.69, 9.17) is 10.5 Å². The number of nitrogens with one attached hydrogen (secondary N) is 2. The van der Waals surface area contributed by atoms with E-state index in [1.807, 2.05) is 0 Å². The first-order chi connectivity index (χ1) is 8.56. The second kappa shape index (κ2) is 6.33. The summed E-state index contributed by atoms with van der Waals surface area (Å²) in [7, 11) is 1.40. The molecule has 5 N–H and O–H groups in total. The van der Waals surface area contributed by atoms with Crippen LogP contribution in [-0.2, 0) is 0 Å². The lowest BCUT2D eigenvalue weighted by Gasteiger charge is -2.09. The zero-order valence-electron chi connectivity index (χ0n) is 9.90. The molecule has 0 bridgehead atoms. The van der Waals surface area contributed by atoms with Crippen LogP contribution in [0.1, 0.15) is 10.4 Å². The number of carbonyl (C=O) groups is 2. The minimum absolute atomic E-state index is 0.105. The van der Waals surface area contributed by atoms with Crippen molar-refractivity contribution >= 4 is 11.9 Å². The molecule has 3 amide bonds. The Hall–Kier alpha value is -2.44. The summed E-state index contributed by atoms with van der Waals surface area (Å²) in [6.45, 7) is 0.421. The smallest absolute Gasteiger partial charge is 0.312 e. The van der Waals surface area contributed by atoms with Gasteiger partial charge in [0.15, 0.2) is 11.5 Å². The molecule has 0 saturated carbocycles. The molecule has 0 spiro atoms. The van der Waals surface area contributed by atoms with E-state index in [-0.39, 0.29) is 30.2 Å². The first kappa shape index (κ1) is 13.6. The highest BCUT2D eigenvalue weighted by Gasteiger charge is 2.13. The standard InChI is InChI=1S/C11H15N3O4/c1-18-8-4-2-3-7(9(8)15)10(16)13-5-6-14-11(12)17/h2-4,15H,5-6H2,1H3,(H,13,16)(H3,12,14,17). The number of para-hydroxylation sites is 1. The van der Waals surface area contributed by atoms with Gasteiger partial charge in [0.05, 0.1) is 12.7 Å². The first-order valence-electron chi connectivity index (χ1n) is 5.23. The minimum Gasteiger partial charge on any atom is -0.504 e. The Morgan fingerprint density at radius 2 is 2.00 bits per heavy atom. The van der Waals surface area contributed by atoms with Gasteiger partial charge in [-0.1, -0.05) is 6.07 Å². The van der Waals surface area contributed by atoms with Crippen LogP contribution in [0.4, 0.5) is 4.79 Å². The van der Waals surface area contributed by atoms with E-state index >= 15 is 0 Å². The lowest BCUT2D eigenvalue weighted by Crippen LogP contribution is -2.37. The van der Waals surface area contributed by atoms with E-state index in [1.54, 1.807) is 12.1 Å². The Labute approximate surface area is 104 Å². The first-order valence-corrected chi connectivity index (χ1v) is 5.23. The van der Waals surface area contributed by atoms with Crippen LogP contribution < -0.4 is 21.1 Å². The Bertz CT molecular complexity index is 448. The number of phenolic OH excluding ortho intramolecular Hbond substituents is 1. The van der Waals surface area contributed by atoms with Crippen LogP contribution in [-0.4, -0.2) is 37.2 Å². The molecule has 0 aromatic heterocycles. The number of amides is 3. The van der Waals surface area contributed by atoms with Crippen LogP contribution in [0.5, 0.6) is 11.5 Å². The molecule has 0 heterocycles. The predicted molar refractivity (Wildman–Crippen MR) is 64.6 cm³/mol. The fourth-order valence-corrected chi connectivity index (χ4v) is 1.33. The summed E-state index contributed by atoms with van der Waals surface area (Å²) in [5, 5.41) is 14.6. The number of hydrogen-bond donors (Lipinski definition) is 4. The average Bonchev–Trinajstić information content (AvgIpc) is 2.34. The van der Waals surface area contributed by atoms with Crippen molar-refractivity contribution in [3.8, 4) is 11.5 Å². The Balaban J connectivity index is 2.59. The van der Waals surface area contributed by atoms with Gasteiger partial charge in [-0.15, -0.1) is 0 Å². The minimum atomic E-state index is -0.659. The number of urea groups is 1. The number of primary amides is 1. The normalized spacial score (nSPS) is 9.61. The summed E-state index contributed by atoms with van der Waals surface area (Å²) < 4.78 is 4.89. The third kappa shape index (κ3) is 3.55. The summed E-state index contributed by atoms with van der Waals surface area (Å²) in [5.41, 5.74) is 4.97. The van der Waals surface area contributed by atoms with Crippen LogP contribution in [0.25, 0.3) is 0 Å². The molecule has 1 aromatic rings. The van der Waals surface area contributed by atoms with Crippen molar-refractivity contribution < 1.29 is 19.4 Å². The molecule has 7 heteroatoms. The lowest BCUT2D eigenvalue weighted by atomic mass is 10.1. The average molecular weight is 253 g/mol. The van der Waals surface area contributed by atoms with Gasteiger partial charge in [-0.2, -0.15) is 0 Å². The van der Waals surface area contributed by atoms with Gasteiger partial charge in [-0.05, 0) is 12.1 Å². The van der Waals surface area contributed by atoms with E-state index in [9.17, 15) is 14.7 Å². The molecule has 1 rings (SSSR count). The van der Waals surface area contributed by atoms with Crippen molar-refractivity contribution in [3.05, 3.63) is 23.8 Å². The van der Waals surface area contributed by atoms with Crippen molar-refractivity contribution in [2.45, 2.75) is 0 Å². The molecule has 0 radical (unpaired) electrons. The maximum Gasteiger partial charge on any atom is 0.312 e. The molecule has 0 saturated heterocycles. The largest absolute Gasteiger partial charge is 0.504 e. The number of ether oxygens (including phenoxy) is 1. The Morgan fingerprint density at radius 1 is 1.33 bits per heavy atom. The van der Waals surface area contributed by atoms with Gasteiger partial charge >= 0.3 is 6.03 Å². The van der Waals surface area contributed by atoms with E-state index in [1.165, 1.54) is 13.2 Å². The number of hydrogen-bond acceptors (Lipinski definition) is 4. The highest BCUT2D eigenvalue weighted by molar-refractivity contribution is 5.97. The third-order valence-electron chi connectivity index (χ3n) is 2.17. The van der Waals surface area contributed by atoms with E-state index in [0.29, 0.717) is 0 Å². The quantitative estimate of drug-likeness (QED) is 0.544. The zero-order chi connectivity index (χ0) is 13.5. The molecule has 98 valence electrons. The highest BCUT2D eigenvalue weighted by Crippen LogP contribution is 2.28. The van der Waals surface area contributed by atoms with Crippen molar-refractivity contribution in [2.24, 2.45) is 5.73 Å². The molecule has 7 nitrogen and oxygen atoms in total. The predicted octanol–water partition coefficient (Wildman–Crippen LogP) is -0.201. The van der Waals surface area contributed by atoms with Gasteiger partial charge in [0.2, 0.25) is 0 Å². The Morgan fingerprint density at radius 3 is 2.61 bits per heavy atom. The molecule has 0 aliphatic carbocycles. The second-order valence-corrected chi connectivity index (χ2v) is 3.40. The zero-order valence-corrected chi connectivity index (χ0v) is 9.90. The summed E-state index contributed by atoms with van der Waals surface area (Å²) in [4.78, 5) is 22.1. The SMILES string of the molecule is COc1cccc(C(=O)NCCNC(N)=O)c1O. The second-order valence-electron chi connectivity index (χ2n) is 3.40. The lowest BCUT2D eigenvalue weighted by molar-refractivity contribution is 0.0950. The molecule has 0 atom stereocenters. The van der Waals surface area contributed by atoms with Crippen LogP contribution in [0, 0.1) is 0 Å². The van der Waals surface area contributed by atoms with Gasteiger partial charge < -0.3 is 26.2 Å². The van der Waals surface area contributed by atoms with E-state index < -0.39 is 11.9 Å². The topological polar surface area (TPSA) is 114 Å². The van der Waals surface area contributed by atoms with Gasteiger partial charge in [0.1, 0.15) is 0 Å². The van der Waals surface area contributed by atoms with Crippen molar-refractivity contribution in [2.75, 3.05) is 20.2 Å². The molecule has 1 aromatic carbocycles. The van der Waals surface area contributed by atoms with Crippen molar-refractivity contribution in [3.63, 3.8) is 0 Å². The van der Waals surface area contributed by atoms with Crippen molar-refractivity contribution in [1.29, 1.82) is 0 Å². The molecule has 0 aliphatic heterocycles. The van der Waals surface area contributed by atoms with Crippen LogP contribution in [0.3, 0.4) is 0 Å². The molecule has 0 unspecified atom stereocenters. The molecule has 0 aliphatic rings. The fraction of sp³-hybridized carbons (Fsp3) is 0.273. The van der Waals surface area contributed by atoms with Crippen LogP contribution in [0.15, 0.2) is 18.2 Å².